The summed E-state index contributed by atoms with van der Waals surface area (Å²) in [6, 6.07) is 9.94. The predicted octanol–water partition coefficient (Wildman–Crippen LogP) is 3.05. The zero-order valence-electron chi connectivity index (χ0n) is 16.5. The standard InChI is InChI=1S/C20H24N4O3S2/c1-26-17-6-5-15(12-18(17)27-2)7-9-21-19(25)13-29-20-23-22-14-24(20)10-8-16-4-3-11-28-16/h3-6,11-12,14H,7-10,13H2,1-2H3,(H,21,25). The van der Waals surface area contributed by atoms with Crippen LogP contribution in [0.15, 0.2) is 47.2 Å². The molecule has 0 spiro atoms. The molecule has 1 amide bonds. The largest absolute Gasteiger partial charge is 0.493 e. The molecular weight excluding hydrogens is 408 g/mol. The Labute approximate surface area is 178 Å². The van der Waals surface area contributed by atoms with E-state index in [0.29, 0.717) is 30.2 Å². The highest BCUT2D eigenvalue weighted by Crippen LogP contribution is 2.27. The van der Waals surface area contributed by atoms with Gasteiger partial charge in [-0.1, -0.05) is 23.9 Å². The van der Waals surface area contributed by atoms with E-state index in [1.807, 2.05) is 28.8 Å². The summed E-state index contributed by atoms with van der Waals surface area (Å²) in [6.45, 7) is 1.36. The van der Waals surface area contributed by atoms with E-state index in [1.165, 1.54) is 16.6 Å². The molecule has 0 bridgehead atoms. The molecule has 0 unspecified atom stereocenters. The fourth-order valence-electron chi connectivity index (χ4n) is 2.76. The van der Waals surface area contributed by atoms with Crippen LogP contribution in [0.1, 0.15) is 10.4 Å². The van der Waals surface area contributed by atoms with Crippen LogP contribution in [-0.2, 0) is 24.2 Å². The van der Waals surface area contributed by atoms with E-state index in [-0.39, 0.29) is 5.91 Å². The summed E-state index contributed by atoms with van der Waals surface area (Å²) in [5.74, 6) is 1.67. The lowest BCUT2D eigenvalue weighted by atomic mass is 10.1. The molecule has 2 aromatic heterocycles. The summed E-state index contributed by atoms with van der Waals surface area (Å²) in [5.41, 5.74) is 1.07. The van der Waals surface area contributed by atoms with Gasteiger partial charge in [0, 0.05) is 18.0 Å². The lowest BCUT2D eigenvalue weighted by Crippen LogP contribution is -2.27. The van der Waals surface area contributed by atoms with Gasteiger partial charge in [0.2, 0.25) is 5.91 Å². The molecule has 0 aliphatic carbocycles. The van der Waals surface area contributed by atoms with Gasteiger partial charge in [0.1, 0.15) is 6.33 Å². The zero-order chi connectivity index (χ0) is 20.5. The maximum atomic E-state index is 12.2. The van der Waals surface area contributed by atoms with Gasteiger partial charge in [0.05, 0.1) is 20.0 Å². The Hall–Kier alpha value is -2.52. The molecule has 0 fully saturated rings. The maximum Gasteiger partial charge on any atom is 0.230 e. The van der Waals surface area contributed by atoms with Gasteiger partial charge < -0.3 is 19.4 Å². The number of benzene rings is 1. The van der Waals surface area contributed by atoms with Crippen molar-refractivity contribution in [1.29, 1.82) is 0 Å². The number of thioether (sulfide) groups is 1. The Balaban J connectivity index is 1.41. The molecule has 0 aliphatic rings. The number of nitrogens with one attached hydrogen (secondary N) is 1. The van der Waals surface area contributed by atoms with Gasteiger partial charge >= 0.3 is 0 Å². The van der Waals surface area contributed by atoms with Crippen molar-refractivity contribution in [3.05, 3.63) is 52.5 Å². The van der Waals surface area contributed by atoms with Gasteiger partial charge in [-0.15, -0.1) is 21.5 Å². The highest BCUT2D eigenvalue weighted by Gasteiger charge is 2.10. The molecule has 1 aromatic carbocycles. The summed E-state index contributed by atoms with van der Waals surface area (Å²) < 4.78 is 12.5. The maximum absolute atomic E-state index is 12.2. The van der Waals surface area contributed by atoms with Crippen LogP contribution < -0.4 is 14.8 Å². The van der Waals surface area contributed by atoms with E-state index in [0.717, 1.165) is 23.7 Å². The van der Waals surface area contributed by atoms with Crippen LogP contribution in [0.2, 0.25) is 0 Å². The van der Waals surface area contributed by atoms with Crippen molar-refractivity contribution in [2.45, 2.75) is 24.5 Å². The first-order valence-electron chi connectivity index (χ1n) is 9.20. The van der Waals surface area contributed by atoms with E-state index >= 15 is 0 Å². The lowest BCUT2D eigenvalue weighted by molar-refractivity contribution is -0.118. The number of ether oxygens (including phenoxy) is 2. The summed E-state index contributed by atoms with van der Waals surface area (Å²) in [5, 5.41) is 13.9. The van der Waals surface area contributed by atoms with E-state index in [1.54, 1.807) is 31.9 Å². The van der Waals surface area contributed by atoms with Crippen LogP contribution in [0, 0.1) is 0 Å². The average molecular weight is 433 g/mol. The van der Waals surface area contributed by atoms with Crippen molar-refractivity contribution in [1.82, 2.24) is 20.1 Å². The highest BCUT2D eigenvalue weighted by atomic mass is 32.2. The first kappa shape index (κ1) is 21.2. The van der Waals surface area contributed by atoms with Gasteiger partial charge in [0.25, 0.3) is 0 Å². The van der Waals surface area contributed by atoms with Crippen LogP contribution in [0.5, 0.6) is 11.5 Å². The molecule has 0 saturated heterocycles. The van der Waals surface area contributed by atoms with Crippen LogP contribution in [0.4, 0.5) is 0 Å². The number of carbonyl (C=O) groups excluding carboxylic acids is 1. The molecule has 2 heterocycles. The first-order chi connectivity index (χ1) is 14.2. The Morgan fingerprint density at radius 2 is 2.07 bits per heavy atom. The Bertz CT molecular complexity index is 912. The molecule has 3 rings (SSSR count). The fourth-order valence-corrected chi connectivity index (χ4v) is 4.23. The SMILES string of the molecule is COc1ccc(CCNC(=O)CSc2nncn2CCc2cccs2)cc1OC. The average Bonchev–Trinajstić information content (AvgIpc) is 3.42. The fraction of sp³-hybridized carbons (Fsp3) is 0.350. The third kappa shape index (κ3) is 6.23. The molecule has 0 aliphatic heterocycles. The second-order valence-corrected chi connectivity index (χ2v) is 8.19. The summed E-state index contributed by atoms with van der Waals surface area (Å²) in [4.78, 5) is 13.5. The second-order valence-electron chi connectivity index (χ2n) is 6.21. The molecule has 7 nitrogen and oxygen atoms in total. The molecule has 0 atom stereocenters. The molecule has 3 aromatic rings. The summed E-state index contributed by atoms with van der Waals surface area (Å²) >= 11 is 3.14. The van der Waals surface area contributed by atoms with E-state index in [9.17, 15) is 4.79 Å². The second kappa shape index (κ2) is 10.9. The Morgan fingerprint density at radius 3 is 2.83 bits per heavy atom. The molecule has 1 N–H and O–H groups in total. The minimum atomic E-state index is -0.0247. The Kier molecular flexibility index (Phi) is 7.94. The number of aryl methyl sites for hydroxylation is 2. The van der Waals surface area contributed by atoms with Crippen LogP contribution in [0.25, 0.3) is 0 Å². The molecule has 29 heavy (non-hydrogen) atoms. The number of amides is 1. The van der Waals surface area contributed by atoms with Gasteiger partial charge in [-0.2, -0.15) is 0 Å². The van der Waals surface area contributed by atoms with E-state index in [4.69, 9.17) is 9.47 Å². The summed E-state index contributed by atoms with van der Waals surface area (Å²) in [7, 11) is 3.22. The minimum absolute atomic E-state index is 0.0247. The third-order valence-corrected chi connectivity index (χ3v) is 6.19. The van der Waals surface area contributed by atoms with Gasteiger partial charge in [-0.05, 0) is 42.0 Å². The van der Waals surface area contributed by atoms with Gasteiger partial charge in [-0.3, -0.25) is 4.79 Å². The number of methoxy groups -OCH3 is 2. The first-order valence-corrected chi connectivity index (χ1v) is 11.1. The highest BCUT2D eigenvalue weighted by molar-refractivity contribution is 7.99. The summed E-state index contributed by atoms with van der Waals surface area (Å²) in [6.07, 6.45) is 3.36. The number of hydrogen-bond donors (Lipinski definition) is 1. The van der Waals surface area contributed by atoms with Crippen molar-refractivity contribution in [2.75, 3.05) is 26.5 Å². The number of thiophene rings is 1. The van der Waals surface area contributed by atoms with Crippen molar-refractivity contribution in [2.24, 2.45) is 0 Å². The van der Waals surface area contributed by atoms with Crippen LogP contribution in [0.3, 0.4) is 0 Å². The lowest BCUT2D eigenvalue weighted by Gasteiger charge is -2.10. The minimum Gasteiger partial charge on any atom is -0.493 e. The Morgan fingerprint density at radius 1 is 1.21 bits per heavy atom. The predicted molar refractivity (Wildman–Crippen MR) is 115 cm³/mol. The number of aromatic nitrogens is 3. The van der Waals surface area contributed by atoms with Crippen molar-refractivity contribution < 1.29 is 14.3 Å². The topological polar surface area (TPSA) is 78.3 Å². The van der Waals surface area contributed by atoms with Crippen LogP contribution in [-0.4, -0.2) is 47.2 Å². The zero-order valence-corrected chi connectivity index (χ0v) is 18.1. The third-order valence-electron chi connectivity index (χ3n) is 4.28. The van der Waals surface area contributed by atoms with E-state index in [2.05, 4.69) is 27.0 Å². The molecule has 154 valence electrons. The molecular formula is C20H24N4O3S2. The number of rotatable bonds is 11. The molecule has 0 saturated carbocycles. The number of carbonyl (C=O) groups is 1. The van der Waals surface area contributed by atoms with Crippen LogP contribution >= 0.6 is 23.1 Å². The quantitative estimate of drug-likeness (QED) is 0.469. The van der Waals surface area contributed by atoms with Gasteiger partial charge in [0.15, 0.2) is 16.7 Å². The normalized spacial score (nSPS) is 10.7. The van der Waals surface area contributed by atoms with Crippen molar-refractivity contribution in [3.63, 3.8) is 0 Å². The van der Waals surface area contributed by atoms with E-state index < -0.39 is 0 Å². The van der Waals surface area contributed by atoms with Gasteiger partial charge in [-0.25, -0.2) is 0 Å². The monoisotopic (exact) mass is 432 g/mol. The smallest absolute Gasteiger partial charge is 0.230 e. The number of nitrogens with zero attached hydrogens (tertiary/aromatic N) is 3. The molecule has 0 radical (unpaired) electrons. The van der Waals surface area contributed by atoms with Crippen molar-refractivity contribution >= 4 is 29.0 Å². The van der Waals surface area contributed by atoms with Crippen molar-refractivity contribution in [3.8, 4) is 11.5 Å². The molecule has 9 heteroatoms. The number of hydrogen-bond acceptors (Lipinski definition) is 7.